The summed E-state index contributed by atoms with van der Waals surface area (Å²) in [5, 5.41) is 2.23. The van der Waals surface area contributed by atoms with Crippen LogP contribution >= 0.6 is 38.8 Å². The lowest BCUT2D eigenvalue weighted by molar-refractivity contribution is 0.432. The van der Waals surface area contributed by atoms with Crippen molar-refractivity contribution in [2.45, 2.75) is 64.2 Å². The second-order valence-electron chi connectivity index (χ2n) is 11.1. The van der Waals surface area contributed by atoms with Gasteiger partial charge in [-0.2, -0.15) is 0 Å². The van der Waals surface area contributed by atoms with E-state index in [2.05, 4.69) is 128 Å². The fourth-order valence-electron chi connectivity index (χ4n) is 6.18. The van der Waals surface area contributed by atoms with Crippen molar-refractivity contribution in [2.75, 3.05) is 6.35 Å². The monoisotopic (exact) mass is 694 g/mol. The number of hydrogen-bond acceptors (Lipinski definition) is 3. The van der Waals surface area contributed by atoms with E-state index in [0.29, 0.717) is 17.7 Å². The van der Waals surface area contributed by atoms with Crippen molar-refractivity contribution >= 4 is 60.7 Å². The molecule has 3 nitrogen and oxygen atoms in total. The van der Waals surface area contributed by atoms with Gasteiger partial charge in [-0.15, -0.1) is 0 Å². The topological polar surface area (TPSA) is 35.5 Å². The van der Waals surface area contributed by atoms with Crippen LogP contribution in [0.2, 0.25) is 0 Å². The van der Waals surface area contributed by atoms with Gasteiger partial charge in [0.1, 0.15) is 5.58 Å². The normalized spacial score (nSPS) is 17.9. The van der Waals surface area contributed by atoms with Gasteiger partial charge < -0.3 is 8.39 Å². The van der Waals surface area contributed by atoms with Crippen LogP contribution in [0.5, 0.6) is 0 Å². The molecule has 1 unspecified atom stereocenters. The Morgan fingerprint density at radius 3 is 1.95 bits per heavy atom. The molecule has 4 aromatic carbocycles. The zero-order valence-corrected chi connectivity index (χ0v) is 27.9. The van der Waals surface area contributed by atoms with E-state index >= 15 is 0 Å². The second kappa shape index (κ2) is 13.0. The standard InChI is InChI=1S/C35H37IO3P2/c1-4-5-12-28-19-24(2)20-29-30-21-25(3)22-31(36)35(30)39-41(38-34(28)29)37-23-40-32(26-13-8-6-9-14-26)17-18-33(40)27-15-10-7-11-16-27/h6-11,13-16,19-22,32-33H,4-5,12,17-18,23H2,1-3H3/t32-,33-,41?/m0/s1. The molecule has 0 radical (unpaired) electrons. The molecule has 1 aliphatic heterocycles. The van der Waals surface area contributed by atoms with Gasteiger partial charge in [0.25, 0.3) is 0 Å². The zero-order chi connectivity index (χ0) is 28.3. The summed E-state index contributed by atoms with van der Waals surface area (Å²) in [7, 11) is -2.11. The van der Waals surface area contributed by atoms with Gasteiger partial charge in [-0.25, -0.2) is 0 Å². The van der Waals surface area contributed by atoms with Crippen LogP contribution in [0.15, 0.2) is 93.3 Å². The van der Waals surface area contributed by atoms with Crippen molar-refractivity contribution < 1.29 is 12.9 Å². The van der Waals surface area contributed by atoms with E-state index in [9.17, 15) is 0 Å². The number of halogens is 1. The van der Waals surface area contributed by atoms with Gasteiger partial charge in [-0.05, 0) is 108 Å². The zero-order valence-electron chi connectivity index (χ0n) is 24.0. The summed E-state index contributed by atoms with van der Waals surface area (Å²) in [6, 6.07) is 31.0. The van der Waals surface area contributed by atoms with Crippen molar-refractivity contribution in [2.24, 2.45) is 0 Å². The summed E-state index contributed by atoms with van der Waals surface area (Å²) < 4.78 is 21.4. The summed E-state index contributed by atoms with van der Waals surface area (Å²) in [5.41, 5.74) is 9.40. The van der Waals surface area contributed by atoms with E-state index in [1.807, 2.05) is 0 Å². The van der Waals surface area contributed by atoms with Gasteiger partial charge in [0, 0.05) is 22.1 Å². The maximum atomic E-state index is 6.79. The summed E-state index contributed by atoms with van der Waals surface area (Å²) in [5.74, 6) is 0. The molecule has 1 fully saturated rings. The van der Waals surface area contributed by atoms with E-state index in [1.54, 1.807) is 0 Å². The third-order valence-corrected chi connectivity index (χ3v) is 13.3. The molecule has 41 heavy (non-hydrogen) atoms. The van der Waals surface area contributed by atoms with Crippen LogP contribution in [0.1, 0.15) is 71.7 Å². The largest absolute Gasteiger partial charge is 0.399 e. The Kier molecular flexibility index (Phi) is 9.22. The summed E-state index contributed by atoms with van der Waals surface area (Å²) >= 11 is 2.40. The summed E-state index contributed by atoms with van der Waals surface area (Å²) in [6.45, 7) is 6.57. The molecule has 0 saturated carbocycles. The van der Waals surface area contributed by atoms with Gasteiger partial charge in [-0.3, -0.25) is 4.52 Å². The lowest BCUT2D eigenvalue weighted by Gasteiger charge is -2.25. The fraction of sp³-hybridized carbons (Fsp3) is 0.314. The SMILES string of the molecule is CCCCc1cc(C)cc2c1op(OCP1[C@H](c3ccccc3)CC[C@H]1c1ccccc1)oc1c(I)cc(C)cc12. The van der Waals surface area contributed by atoms with Crippen LogP contribution in [0, 0.1) is 17.4 Å². The summed E-state index contributed by atoms with van der Waals surface area (Å²) in [4.78, 5) is 0. The number of fused-ring (bicyclic) bond motifs is 3. The Balaban J connectivity index is 1.45. The lowest BCUT2D eigenvalue weighted by Crippen LogP contribution is -2.02. The molecule has 0 amide bonds. The number of benzene rings is 4. The Bertz CT molecular complexity index is 1640. The smallest absolute Gasteiger partial charge is 0.387 e. The highest BCUT2D eigenvalue weighted by Gasteiger charge is 2.38. The highest BCUT2D eigenvalue weighted by atomic mass is 127. The molecule has 0 bridgehead atoms. The van der Waals surface area contributed by atoms with Gasteiger partial charge in [0.2, 0.25) is 0 Å². The minimum atomic E-state index is -1.62. The number of unbranched alkanes of at least 4 members (excludes halogenated alkanes) is 1. The van der Waals surface area contributed by atoms with Crippen LogP contribution in [0.25, 0.3) is 21.9 Å². The van der Waals surface area contributed by atoms with Gasteiger partial charge in [0.05, 0.1) is 9.92 Å². The molecule has 3 atom stereocenters. The maximum absolute atomic E-state index is 6.79. The quantitative estimate of drug-likeness (QED) is 0.120. The first-order valence-electron chi connectivity index (χ1n) is 14.6. The molecular formula is C35H37IO3P2. The molecule has 212 valence electrons. The minimum Gasteiger partial charge on any atom is -0.399 e. The maximum Gasteiger partial charge on any atom is 0.387 e. The van der Waals surface area contributed by atoms with Crippen molar-refractivity contribution in [1.82, 2.24) is 0 Å². The lowest BCUT2D eigenvalue weighted by atomic mass is 10.00. The third-order valence-electron chi connectivity index (χ3n) is 8.11. The van der Waals surface area contributed by atoms with Crippen molar-refractivity contribution in [3.05, 3.63) is 116 Å². The predicted molar refractivity (Wildman–Crippen MR) is 183 cm³/mol. The highest BCUT2D eigenvalue weighted by Crippen LogP contribution is 2.70. The fourth-order valence-corrected chi connectivity index (χ4v) is 11.9. The van der Waals surface area contributed by atoms with E-state index < -0.39 is 16.2 Å². The van der Waals surface area contributed by atoms with E-state index in [4.69, 9.17) is 12.9 Å². The average Bonchev–Trinajstić information content (AvgIpc) is 3.34. The molecule has 0 N–H and O–H groups in total. The van der Waals surface area contributed by atoms with Crippen LogP contribution < -0.4 is 4.52 Å². The Hall–Kier alpha value is -2.10. The Labute approximate surface area is 259 Å². The molecule has 0 aliphatic carbocycles. The molecule has 1 aliphatic rings. The second-order valence-corrected chi connectivity index (χ2v) is 15.9. The van der Waals surface area contributed by atoms with Crippen molar-refractivity contribution in [1.29, 1.82) is 0 Å². The molecule has 6 heteroatoms. The Morgan fingerprint density at radius 2 is 1.34 bits per heavy atom. The van der Waals surface area contributed by atoms with E-state index in [1.165, 1.54) is 40.7 Å². The van der Waals surface area contributed by atoms with Gasteiger partial charge >= 0.3 is 8.24 Å². The van der Waals surface area contributed by atoms with Gasteiger partial charge in [-0.1, -0.05) is 88.0 Å². The van der Waals surface area contributed by atoms with Gasteiger partial charge in [0.15, 0.2) is 5.58 Å². The number of rotatable bonds is 8. The molecule has 1 saturated heterocycles. The van der Waals surface area contributed by atoms with Crippen molar-refractivity contribution in [3.8, 4) is 0 Å². The molecule has 1 aromatic heterocycles. The molecule has 0 spiro atoms. The van der Waals surface area contributed by atoms with Crippen molar-refractivity contribution in [3.63, 3.8) is 0 Å². The Morgan fingerprint density at radius 1 is 0.780 bits per heavy atom. The van der Waals surface area contributed by atoms with Crippen LogP contribution in [-0.4, -0.2) is 6.35 Å². The predicted octanol–water partition coefficient (Wildman–Crippen LogP) is 12.0. The molecule has 6 rings (SSSR count). The number of aryl methyl sites for hydroxylation is 3. The summed E-state index contributed by atoms with van der Waals surface area (Å²) in [6.07, 6.45) is 6.28. The average molecular weight is 695 g/mol. The number of hydrogen-bond donors (Lipinski definition) is 0. The highest BCUT2D eigenvalue weighted by molar-refractivity contribution is 14.1. The first-order valence-corrected chi connectivity index (χ1v) is 18.4. The van der Waals surface area contributed by atoms with E-state index in [0.717, 1.165) is 44.8 Å². The molecule has 5 aromatic rings. The minimum absolute atomic E-state index is 0.496. The first-order chi connectivity index (χ1) is 20.0. The third kappa shape index (κ3) is 6.32. The van der Waals surface area contributed by atoms with Crippen LogP contribution in [0.4, 0.5) is 0 Å². The molecule has 2 heterocycles. The van der Waals surface area contributed by atoms with E-state index in [-0.39, 0.29) is 0 Å². The first kappa shape index (κ1) is 29.0. The van der Waals surface area contributed by atoms with Crippen LogP contribution in [-0.2, 0) is 6.42 Å². The molecular weight excluding hydrogens is 657 g/mol. The van der Waals surface area contributed by atoms with Crippen LogP contribution in [0.3, 0.4) is 0 Å².